The summed E-state index contributed by atoms with van der Waals surface area (Å²) in [4.78, 5) is 0. The van der Waals surface area contributed by atoms with Crippen LogP contribution in [0.3, 0.4) is 0 Å². The first kappa shape index (κ1) is 14.9. The summed E-state index contributed by atoms with van der Waals surface area (Å²) in [5.74, 6) is 2.66. The smallest absolute Gasteiger partial charge is 0.231 e. The van der Waals surface area contributed by atoms with Crippen LogP contribution < -0.4 is 23.3 Å². The molecular weight excluding hydrogens is 334 g/mol. The lowest BCUT2D eigenvalue weighted by molar-refractivity contribution is -0.509. The van der Waals surface area contributed by atoms with Crippen LogP contribution in [0.4, 0.5) is 0 Å². The van der Waals surface area contributed by atoms with Gasteiger partial charge in [0.1, 0.15) is 11.1 Å². The molecule has 130 valence electrons. The minimum Gasteiger partial charge on any atom is -0.504 e. The first-order valence-corrected chi connectivity index (χ1v) is 8.15. The Bertz CT molecular complexity index is 1200. The normalized spacial score (nSPS) is 12.8. The van der Waals surface area contributed by atoms with Gasteiger partial charge in [-0.2, -0.15) is 4.40 Å². The second-order valence-corrected chi connectivity index (χ2v) is 6.10. The molecule has 0 aliphatic carbocycles. The zero-order valence-electron chi connectivity index (χ0n) is 14.3. The molecular formula is C20H16NO5+. The van der Waals surface area contributed by atoms with Gasteiger partial charge in [0, 0.05) is 23.6 Å². The molecule has 1 aliphatic heterocycles. The number of rotatable bonds is 2. The van der Waals surface area contributed by atoms with Gasteiger partial charge < -0.3 is 24.1 Å². The topological polar surface area (TPSA) is 61.3 Å². The summed E-state index contributed by atoms with van der Waals surface area (Å²) in [7, 11) is 3.18. The molecule has 1 aliphatic rings. The Morgan fingerprint density at radius 1 is 1.00 bits per heavy atom. The number of pyridine rings is 2. The van der Waals surface area contributed by atoms with Gasteiger partial charge in [0.05, 0.1) is 19.6 Å². The van der Waals surface area contributed by atoms with Crippen LogP contribution in [0, 0.1) is 0 Å². The van der Waals surface area contributed by atoms with Crippen molar-refractivity contribution in [3.63, 3.8) is 0 Å². The van der Waals surface area contributed by atoms with E-state index in [9.17, 15) is 5.11 Å². The van der Waals surface area contributed by atoms with Crippen LogP contribution in [0.15, 0.2) is 42.7 Å². The van der Waals surface area contributed by atoms with Crippen molar-refractivity contribution in [3.05, 3.63) is 42.7 Å². The van der Waals surface area contributed by atoms with E-state index < -0.39 is 0 Å². The van der Waals surface area contributed by atoms with Crippen LogP contribution in [0.2, 0.25) is 0 Å². The third kappa shape index (κ3) is 1.89. The van der Waals surface area contributed by atoms with Crippen molar-refractivity contribution in [2.24, 2.45) is 0 Å². The Labute approximate surface area is 148 Å². The van der Waals surface area contributed by atoms with E-state index in [2.05, 4.69) is 0 Å². The van der Waals surface area contributed by atoms with Gasteiger partial charge in [-0.15, -0.1) is 0 Å². The summed E-state index contributed by atoms with van der Waals surface area (Å²) >= 11 is 0. The maximum absolute atomic E-state index is 10.5. The minimum atomic E-state index is 0.120. The van der Waals surface area contributed by atoms with E-state index >= 15 is 0 Å². The Morgan fingerprint density at radius 3 is 2.65 bits per heavy atom. The van der Waals surface area contributed by atoms with E-state index in [-0.39, 0.29) is 12.5 Å². The number of ether oxygens (including phenoxy) is 4. The third-order valence-electron chi connectivity index (χ3n) is 4.82. The van der Waals surface area contributed by atoms with Crippen molar-refractivity contribution in [1.29, 1.82) is 0 Å². The average Bonchev–Trinajstić information content (AvgIpc) is 3.14. The standard InChI is InChI=1S/C20H15NO5/c1-23-15-4-3-11-7-14-18-12(5-6-21(14)9-13(11)19(15)22)16(24-2)8-17-20(18)26-10-25-17/h3-9H,10H2,1-2H3/p+1. The Kier molecular flexibility index (Phi) is 3.03. The fraction of sp³-hybridized carbons (Fsp3) is 0.150. The van der Waals surface area contributed by atoms with E-state index in [1.807, 2.05) is 41.1 Å². The van der Waals surface area contributed by atoms with Crippen molar-refractivity contribution in [3.8, 4) is 28.7 Å². The zero-order valence-corrected chi connectivity index (χ0v) is 14.3. The second-order valence-electron chi connectivity index (χ2n) is 6.10. The van der Waals surface area contributed by atoms with Crippen LogP contribution >= 0.6 is 0 Å². The van der Waals surface area contributed by atoms with Crippen molar-refractivity contribution in [2.75, 3.05) is 21.0 Å². The molecule has 6 nitrogen and oxygen atoms in total. The Morgan fingerprint density at radius 2 is 1.85 bits per heavy atom. The molecule has 0 unspecified atom stereocenters. The van der Waals surface area contributed by atoms with Gasteiger partial charge in [0.15, 0.2) is 35.4 Å². The molecule has 26 heavy (non-hydrogen) atoms. The van der Waals surface area contributed by atoms with Crippen molar-refractivity contribution in [1.82, 2.24) is 0 Å². The largest absolute Gasteiger partial charge is 0.504 e. The summed E-state index contributed by atoms with van der Waals surface area (Å²) < 4.78 is 24.0. The second kappa shape index (κ2) is 5.29. The summed E-state index contributed by atoms with van der Waals surface area (Å²) in [5, 5.41) is 13.9. The first-order valence-electron chi connectivity index (χ1n) is 8.15. The van der Waals surface area contributed by atoms with Gasteiger partial charge in [0.25, 0.3) is 0 Å². The van der Waals surface area contributed by atoms with Crippen molar-refractivity contribution < 1.29 is 28.5 Å². The van der Waals surface area contributed by atoms with Crippen LogP contribution in [-0.2, 0) is 0 Å². The van der Waals surface area contributed by atoms with E-state index in [4.69, 9.17) is 18.9 Å². The molecule has 0 atom stereocenters. The van der Waals surface area contributed by atoms with E-state index in [0.29, 0.717) is 22.6 Å². The summed E-state index contributed by atoms with van der Waals surface area (Å²) in [6.45, 7) is 0.185. The van der Waals surface area contributed by atoms with Gasteiger partial charge in [-0.25, -0.2) is 0 Å². The monoisotopic (exact) mass is 350 g/mol. The number of hydrogen-bond acceptors (Lipinski definition) is 5. The van der Waals surface area contributed by atoms with E-state index in [1.54, 1.807) is 13.2 Å². The fourth-order valence-electron chi connectivity index (χ4n) is 3.56. The predicted molar refractivity (Wildman–Crippen MR) is 95.5 cm³/mol. The average molecular weight is 350 g/mol. The predicted octanol–water partition coefficient (Wildman–Crippen LogP) is 3.18. The Hall–Kier alpha value is -3.41. The molecule has 0 fully saturated rings. The maximum Gasteiger partial charge on any atom is 0.231 e. The summed E-state index contributed by atoms with van der Waals surface area (Å²) in [5.41, 5.74) is 0.931. The number of phenolic OH excluding ortho intramolecular Hbond substituents is 1. The number of benzene rings is 2. The number of hydrogen-bond donors (Lipinski definition) is 1. The molecule has 0 bridgehead atoms. The zero-order chi connectivity index (χ0) is 17.8. The molecule has 2 aromatic heterocycles. The third-order valence-corrected chi connectivity index (χ3v) is 4.82. The lowest BCUT2D eigenvalue weighted by Crippen LogP contribution is -2.20. The molecule has 0 amide bonds. The van der Waals surface area contributed by atoms with Crippen LogP contribution in [0.25, 0.3) is 27.1 Å². The highest BCUT2D eigenvalue weighted by molar-refractivity contribution is 6.06. The lowest BCUT2D eigenvalue weighted by atomic mass is 10.0. The number of aromatic nitrogens is 1. The summed E-state index contributed by atoms with van der Waals surface area (Å²) in [6.07, 6.45) is 3.81. The SMILES string of the molecule is COc1ccc2cc3c4c5c(cc(OC)c4cc[n+]3cc2c1O)OCO5. The van der Waals surface area contributed by atoms with Gasteiger partial charge >= 0.3 is 0 Å². The fourth-order valence-corrected chi connectivity index (χ4v) is 3.56. The number of aromatic hydroxyl groups is 1. The van der Waals surface area contributed by atoms with Crippen LogP contribution in [0.5, 0.6) is 28.7 Å². The number of phenols is 1. The lowest BCUT2D eigenvalue weighted by Gasteiger charge is -2.09. The first-order chi connectivity index (χ1) is 12.7. The molecule has 0 saturated carbocycles. The summed E-state index contributed by atoms with van der Waals surface area (Å²) in [6, 6.07) is 9.50. The van der Waals surface area contributed by atoms with Gasteiger partial charge in [-0.05, 0) is 17.5 Å². The number of methoxy groups -OCH3 is 2. The van der Waals surface area contributed by atoms with Gasteiger partial charge in [0.2, 0.25) is 12.3 Å². The van der Waals surface area contributed by atoms with Crippen molar-refractivity contribution in [2.45, 2.75) is 0 Å². The van der Waals surface area contributed by atoms with E-state index in [1.165, 1.54) is 7.11 Å². The highest BCUT2D eigenvalue weighted by Gasteiger charge is 2.25. The molecule has 5 rings (SSSR count). The minimum absolute atomic E-state index is 0.120. The Balaban J connectivity index is 1.95. The number of fused-ring (bicyclic) bond motifs is 6. The molecule has 4 aromatic rings. The highest BCUT2D eigenvalue weighted by atomic mass is 16.7. The molecule has 3 heterocycles. The van der Waals surface area contributed by atoms with Crippen LogP contribution in [0.1, 0.15) is 0 Å². The molecule has 0 saturated heterocycles. The van der Waals surface area contributed by atoms with Gasteiger partial charge in [-0.1, -0.05) is 0 Å². The van der Waals surface area contributed by atoms with Crippen LogP contribution in [-0.4, -0.2) is 26.1 Å². The molecule has 0 radical (unpaired) electrons. The van der Waals surface area contributed by atoms with Gasteiger partial charge in [-0.3, -0.25) is 0 Å². The molecule has 2 aromatic carbocycles. The number of nitrogens with zero attached hydrogens (tertiary/aromatic N) is 1. The maximum atomic E-state index is 10.5. The quantitative estimate of drug-likeness (QED) is 0.342. The highest BCUT2D eigenvalue weighted by Crippen LogP contribution is 2.45. The van der Waals surface area contributed by atoms with Crippen molar-refractivity contribution >= 4 is 27.1 Å². The molecule has 0 spiro atoms. The van der Waals surface area contributed by atoms with E-state index in [0.717, 1.165) is 27.4 Å². The molecule has 6 heteroatoms. The molecule has 1 N–H and O–H groups in total.